The monoisotopic (exact) mass is 446 g/mol. The molecule has 0 spiro atoms. The fourth-order valence-electron chi connectivity index (χ4n) is 4.21. The first kappa shape index (κ1) is 22.2. The minimum atomic E-state index is -1.96. The topological polar surface area (TPSA) is 141 Å². The molecule has 0 aliphatic heterocycles. The van der Waals surface area contributed by atoms with Crippen molar-refractivity contribution in [1.82, 2.24) is 0 Å². The van der Waals surface area contributed by atoms with Crippen molar-refractivity contribution in [3.05, 3.63) is 51.6 Å². The quantitative estimate of drug-likeness (QED) is 0.340. The Morgan fingerprint density at radius 1 is 1.10 bits per heavy atom. The van der Waals surface area contributed by atoms with Crippen molar-refractivity contribution in [1.29, 1.82) is 0 Å². The molecule has 0 bridgehead atoms. The van der Waals surface area contributed by atoms with Crippen LogP contribution in [0.3, 0.4) is 0 Å². The van der Waals surface area contributed by atoms with Gasteiger partial charge in [0.2, 0.25) is 5.78 Å². The summed E-state index contributed by atoms with van der Waals surface area (Å²) in [7, 11) is 1.33. The summed E-state index contributed by atoms with van der Waals surface area (Å²) in [6, 6.07) is 4.41. The molecule has 0 saturated carbocycles. The molecule has 0 amide bonds. The summed E-state index contributed by atoms with van der Waals surface area (Å²) in [5.74, 6) is -3.23. The number of rotatable bonds is 2. The Balaban J connectivity index is 0.00000256. The number of ether oxygens (including phenoxy) is 1. The first-order chi connectivity index (χ1) is 13.6. The first-order valence-electron chi connectivity index (χ1n) is 8.91. The van der Waals surface area contributed by atoms with Crippen molar-refractivity contribution >= 4 is 17.3 Å². The summed E-state index contributed by atoms with van der Waals surface area (Å²) < 4.78 is 5.17. The fourth-order valence-corrected chi connectivity index (χ4v) is 4.21. The number of Topliss-reactive ketones (excluding diaryl/α,β-unsaturated/α-hetero) is 1. The van der Waals surface area contributed by atoms with Crippen LogP contribution in [-0.4, -0.2) is 50.5 Å². The Morgan fingerprint density at radius 3 is 2.33 bits per heavy atom. The maximum Gasteiger partial charge on any atom is 0.202 e. The number of hydrogen-bond donors (Lipinski definition) is 4. The second kappa shape index (κ2) is 7.32. The molecule has 4 rings (SSSR count). The summed E-state index contributed by atoms with van der Waals surface area (Å²) in [6.07, 6.45) is -2.34. The van der Waals surface area contributed by atoms with E-state index in [1.165, 1.54) is 25.3 Å². The van der Waals surface area contributed by atoms with E-state index >= 15 is 0 Å². The molecule has 0 fully saturated rings. The number of aliphatic hydroxyl groups is 2. The van der Waals surface area contributed by atoms with Crippen LogP contribution in [0.15, 0.2) is 18.2 Å². The Bertz CT molecular complexity index is 1120. The molecule has 30 heavy (non-hydrogen) atoms. The largest absolute Gasteiger partial charge is 0.507 e. The second-order valence-electron chi connectivity index (χ2n) is 7.36. The molecule has 2 aliphatic carbocycles. The van der Waals surface area contributed by atoms with Gasteiger partial charge in [-0.25, -0.2) is 0 Å². The third-order valence-corrected chi connectivity index (χ3v) is 5.75. The molecule has 2 aliphatic rings. The van der Waals surface area contributed by atoms with E-state index in [1.807, 2.05) is 0 Å². The number of hydrogen-bond acceptors (Lipinski definition) is 8. The van der Waals surface area contributed by atoms with Crippen LogP contribution >= 0.6 is 0 Å². The zero-order valence-electron chi connectivity index (χ0n) is 16.1. The van der Waals surface area contributed by atoms with Gasteiger partial charge in [-0.15, -0.1) is 0 Å². The molecule has 9 heteroatoms. The molecule has 2 aromatic rings. The predicted octanol–water partition coefficient (Wildman–Crippen LogP) is 1.18. The van der Waals surface area contributed by atoms with E-state index in [0.717, 1.165) is 6.92 Å². The van der Waals surface area contributed by atoms with E-state index < -0.39 is 64.5 Å². The number of phenolic OH excluding ortho intramolecular Hbond substituents is 2. The van der Waals surface area contributed by atoms with Gasteiger partial charge in [-0.3, -0.25) is 14.4 Å². The zero-order valence-corrected chi connectivity index (χ0v) is 17.7. The van der Waals surface area contributed by atoms with Gasteiger partial charge < -0.3 is 25.2 Å². The van der Waals surface area contributed by atoms with Crippen LogP contribution in [0.2, 0.25) is 0 Å². The number of methoxy groups -OCH3 is 1. The van der Waals surface area contributed by atoms with E-state index in [9.17, 15) is 34.8 Å². The molecule has 8 nitrogen and oxygen atoms in total. The molecule has 0 unspecified atom stereocenters. The van der Waals surface area contributed by atoms with E-state index in [2.05, 4.69) is 0 Å². The molecule has 0 radical (unpaired) electrons. The molecule has 2 aromatic carbocycles. The van der Waals surface area contributed by atoms with E-state index in [4.69, 9.17) is 4.74 Å². The molecule has 4 N–H and O–H groups in total. The van der Waals surface area contributed by atoms with Crippen LogP contribution in [0, 0.1) is 0 Å². The number of carbonyl (C=O) groups is 3. The molecule has 0 aromatic heterocycles. The predicted molar refractivity (Wildman–Crippen MR) is 98.5 cm³/mol. The Morgan fingerprint density at radius 2 is 1.73 bits per heavy atom. The van der Waals surface area contributed by atoms with Crippen LogP contribution in [-0.2, 0) is 32.9 Å². The minimum absolute atomic E-state index is 0. The number of ketones is 3. The van der Waals surface area contributed by atoms with Crippen LogP contribution in [0.25, 0.3) is 0 Å². The Hall–Kier alpha value is -2.52. The van der Waals surface area contributed by atoms with E-state index in [0.29, 0.717) is 0 Å². The fraction of sp³-hybridized carbons (Fsp3) is 0.286. The summed E-state index contributed by atoms with van der Waals surface area (Å²) in [5.41, 5.74) is -3.19. The van der Waals surface area contributed by atoms with Crippen molar-refractivity contribution in [2.45, 2.75) is 31.5 Å². The van der Waals surface area contributed by atoms with Gasteiger partial charge in [0.15, 0.2) is 11.6 Å². The molecule has 0 heterocycles. The average molecular weight is 446 g/mol. The van der Waals surface area contributed by atoms with Gasteiger partial charge in [0, 0.05) is 51.2 Å². The van der Waals surface area contributed by atoms with Crippen molar-refractivity contribution in [3.63, 3.8) is 0 Å². The SMILES string of the molecule is COc1cccc2c1C(=O)c1c(O)c3c(c(O)c1C2=O)C[C@@](O)(C(C)=O)C[C@@H]3O.[Ti]. The van der Waals surface area contributed by atoms with Gasteiger partial charge in [-0.05, 0) is 13.0 Å². The molecule has 2 atom stereocenters. The van der Waals surface area contributed by atoms with Gasteiger partial charge in [-0.1, -0.05) is 12.1 Å². The van der Waals surface area contributed by atoms with Gasteiger partial charge in [0.1, 0.15) is 22.8 Å². The summed E-state index contributed by atoms with van der Waals surface area (Å²) in [4.78, 5) is 38.1. The van der Waals surface area contributed by atoms with Crippen molar-refractivity contribution in [2.24, 2.45) is 0 Å². The number of phenols is 2. The summed E-state index contributed by atoms with van der Waals surface area (Å²) in [6.45, 7) is 1.14. The number of aliphatic hydroxyl groups excluding tert-OH is 1. The Kier molecular flexibility index (Phi) is 5.41. The van der Waals surface area contributed by atoms with Crippen molar-refractivity contribution in [2.75, 3.05) is 7.11 Å². The standard InChI is InChI=1S/C21H18O8.Ti/c1-8(22)21(28)6-10-13(11(23)7-21)19(26)16-15(18(10)25)17(24)9-4-3-5-12(29-2)14(9)20(16)27;/h3-5,11,23,25-26,28H,6-7H2,1-2H3;/t11-,21-;/m0./s1. The van der Waals surface area contributed by atoms with Crippen LogP contribution in [0.1, 0.15) is 62.4 Å². The molecule has 154 valence electrons. The van der Waals surface area contributed by atoms with Crippen LogP contribution < -0.4 is 4.74 Å². The van der Waals surface area contributed by atoms with Gasteiger partial charge >= 0.3 is 0 Å². The summed E-state index contributed by atoms with van der Waals surface area (Å²) >= 11 is 0. The summed E-state index contributed by atoms with van der Waals surface area (Å²) in [5, 5.41) is 42.7. The van der Waals surface area contributed by atoms with Gasteiger partial charge in [-0.2, -0.15) is 0 Å². The molecular weight excluding hydrogens is 428 g/mol. The first-order valence-corrected chi connectivity index (χ1v) is 8.91. The minimum Gasteiger partial charge on any atom is -0.507 e. The third kappa shape index (κ3) is 2.83. The van der Waals surface area contributed by atoms with E-state index in [1.54, 1.807) is 0 Å². The van der Waals surface area contributed by atoms with Crippen LogP contribution in [0.4, 0.5) is 0 Å². The van der Waals surface area contributed by atoms with Gasteiger partial charge in [0.25, 0.3) is 0 Å². The van der Waals surface area contributed by atoms with Crippen LogP contribution in [0.5, 0.6) is 17.2 Å². The third-order valence-electron chi connectivity index (χ3n) is 5.75. The molecular formula is C21H18O8Ti. The maximum atomic E-state index is 13.1. The smallest absolute Gasteiger partial charge is 0.202 e. The normalized spacial score (nSPS) is 21.8. The maximum absolute atomic E-state index is 13.1. The number of carbonyl (C=O) groups excluding carboxylic acids is 3. The second-order valence-corrected chi connectivity index (χ2v) is 7.36. The van der Waals surface area contributed by atoms with Gasteiger partial charge in [0.05, 0.1) is 29.9 Å². The zero-order chi connectivity index (χ0) is 21.2. The average Bonchev–Trinajstić information content (AvgIpc) is 2.67. The van der Waals surface area contributed by atoms with Crippen molar-refractivity contribution in [3.8, 4) is 17.2 Å². The molecule has 0 saturated heterocycles. The Labute approximate surface area is 186 Å². The van der Waals surface area contributed by atoms with E-state index in [-0.39, 0.29) is 49.7 Å². The number of benzene rings is 2. The number of aromatic hydroxyl groups is 2. The number of fused-ring (bicyclic) bond motifs is 3. The van der Waals surface area contributed by atoms with Crippen molar-refractivity contribution < 1.29 is 61.3 Å².